The van der Waals surface area contributed by atoms with Crippen molar-refractivity contribution in [2.45, 2.75) is 39.2 Å². The van der Waals surface area contributed by atoms with Crippen molar-refractivity contribution in [2.24, 2.45) is 0 Å². The first-order valence-corrected chi connectivity index (χ1v) is 9.08. The van der Waals surface area contributed by atoms with Gasteiger partial charge in [-0.15, -0.1) is 0 Å². The van der Waals surface area contributed by atoms with Gasteiger partial charge in [-0.05, 0) is 29.8 Å². The number of hydrogen-bond donors (Lipinski definition) is 2. The molecule has 6 nitrogen and oxygen atoms in total. The SMILES string of the molecule is CCC(=O)c1cc(C(=O)Nc2cnc3c(c2)CNCC3(C)C)ccc1OC. The number of hydrogen-bond acceptors (Lipinski definition) is 5. The van der Waals surface area contributed by atoms with Crippen LogP contribution >= 0.6 is 0 Å². The Bertz CT molecular complexity index is 890. The van der Waals surface area contributed by atoms with Crippen LogP contribution < -0.4 is 15.4 Å². The first-order chi connectivity index (χ1) is 12.9. The maximum absolute atomic E-state index is 12.7. The van der Waals surface area contributed by atoms with Crippen LogP contribution in [0.5, 0.6) is 5.75 Å². The molecule has 0 unspecified atom stereocenters. The first kappa shape index (κ1) is 19.0. The number of nitrogens with one attached hydrogen (secondary N) is 2. The largest absolute Gasteiger partial charge is 0.496 e. The summed E-state index contributed by atoms with van der Waals surface area (Å²) < 4.78 is 5.23. The Kier molecular flexibility index (Phi) is 5.28. The third-order valence-electron chi connectivity index (χ3n) is 4.83. The molecule has 0 spiro atoms. The van der Waals surface area contributed by atoms with E-state index >= 15 is 0 Å². The van der Waals surface area contributed by atoms with Gasteiger partial charge in [-0.25, -0.2) is 0 Å². The predicted octanol–water partition coefficient (Wildman–Crippen LogP) is 3.32. The number of ether oxygens (including phenoxy) is 1. The Labute approximate surface area is 159 Å². The lowest BCUT2D eigenvalue weighted by atomic mass is 9.83. The number of fused-ring (bicyclic) bond motifs is 1. The van der Waals surface area contributed by atoms with Crippen molar-refractivity contribution >= 4 is 17.4 Å². The average Bonchev–Trinajstić information content (AvgIpc) is 2.66. The summed E-state index contributed by atoms with van der Waals surface area (Å²) in [5.41, 5.74) is 3.56. The number of amides is 1. The molecule has 0 aliphatic carbocycles. The quantitative estimate of drug-likeness (QED) is 0.793. The van der Waals surface area contributed by atoms with Gasteiger partial charge in [0.2, 0.25) is 0 Å². The molecule has 27 heavy (non-hydrogen) atoms. The molecule has 0 radical (unpaired) electrons. The molecule has 0 saturated heterocycles. The van der Waals surface area contributed by atoms with Crippen LogP contribution in [-0.2, 0) is 12.0 Å². The molecule has 3 rings (SSSR count). The van der Waals surface area contributed by atoms with E-state index in [9.17, 15) is 9.59 Å². The van der Waals surface area contributed by atoms with Gasteiger partial charge in [-0.3, -0.25) is 14.6 Å². The van der Waals surface area contributed by atoms with E-state index in [0.29, 0.717) is 29.0 Å². The summed E-state index contributed by atoms with van der Waals surface area (Å²) in [6, 6.07) is 6.83. The van der Waals surface area contributed by atoms with Gasteiger partial charge in [-0.1, -0.05) is 20.8 Å². The van der Waals surface area contributed by atoms with Gasteiger partial charge >= 0.3 is 0 Å². The summed E-state index contributed by atoms with van der Waals surface area (Å²) in [7, 11) is 1.51. The zero-order valence-corrected chi connectivity index (χ0v) is 16.2. The summed E-state index contributed by atoms with van der Waals surface area (Å²) >= 11 is 0. The molecular weight excluding hydrogens is 342 g/mol. The van der Waals surface area contributed by atoms with Gasteiger partial charge in [0.15, 0.2) is 5.78 Å². The molecule has 0 fully saturated rings. The number of nitrogens with zero attached hydrogens (tertiary/aromatic N) is 1. The fraction of sp³-hybridized carbons (Fsp3) is 0.381. The number of carbonyl (C=O) groups excluding carboxylic acids is 2. The lowest BCUT2D eigenvalue weighted by Gasteiger charge is -2.32. The summed E-state index contributed by atoms with van der Waals surface area (Å²) in [5.74, 6) is 0.125. The number of aromatic nitrogens is 1. The molecule has 1 aromatic carbocycles. The molecule has 2 N–H and O–H groups in total. The van der Waals surface area contributed by atoms with Crippen LogP contribution in [-0.4, -0.2) is 30.3 Å². The predicted molar refractivity (Wildman–Crippen MR) is 105 cm³/mol. The number of methoxy groups -OCH3 is 1. The number of carbonyl (C=O) groups is 2. The Balaban J connectivity index is 1.85. The highest BCUT2D eigenvalue weighted by Gasteiger charge is 2.29. The molecule has 1 amide bonds. The molecule has 6 heteroatoms. The second kappa shape index (κ2) is 7.48. The van der Waals surface area contributed by atoms with Crippen molar-refractivity contribution in [1.29, 1.82) is 0 Å². The van der Waals surface area contributed by atoms with Gasteiger partial charge in [0.1, 0.15) is 5.75 Å². The molecule has 2 aromatic rings. The van der Waals surface area contributed by atoms with E-state index in [0.717, 1.165) is 24.3 Å². The lowest BCUT2D eigenvalue weighted by Crippen LogP contribution is -2.39. The standard InChI is InChI=1S/C21H25N3O3/c1-5-17(25)16-9-13(6-7-18(16)27-4)20(26)24-15-8-14-10-22-12-21(2,3)19(14)23-11-15/h6-9,11,22H,5,10,12H2,1-4H3,(H,24,26). The monoisotopic (exact) mass is 367 g/mol. The first-order valence-electron chi connectivity index (χ1n) is 9.08. The molecule has 0 atom stereocenters. The zero-order chi connectivity index (χ0) is 19.6. The second-order valence-electron chi connectivity index (χ2n) is 7.37. The fourth-order valence-electron chi connectivity index (χ4n) is 3.38. The molecule has 1 aliphatic heterocycles. The van der Waals surface area contributed by atoms with E-state index in [-0.39, 0.29) is 17.1 Å². The van der Waals surface area contributed by atoms with Gasteiger partial charge in [0.05, 0.1) is 30.3 Å². The van der Waals surface area contributed by atoms with Gasteiger partial charge in [0.25, 0.3) is 5.91 Å². The number of benzene rings is 1. The van der Waals surface area contributed by atoms with E-state index in [1.807, 2.05) is 6.07 Å². The van der Waals surface area contributed by atoms with Gasteiger partial charge in [0, 0.05) is 30.5 Å². The van der Waals surface area contributed by atoms with E-state index in [1.54, 1.807) is 31.3 Å². The Hall–Kier alpha value is -2.73. The van der Waals surface area contributed by atoms with E-state index in [4.69, 9.17) is 4.74 Å². The molecule has 142 valence electrons. The maximum atomic E-state index is 12.7. The Morgan fingerprint density at radius 3 is 2.78 bits per heavy atom. The van der Waals surface area contributed by atoms with Crippen molar-refractivity contribution in [2.75, 3.05) is 19.0 Å². The minimum absolute atomic E-state index is 0.0402. The van der Waals surface area contributed by atoms with E-state index < -0.39 is 0 Å². The lowest BCUT2D eigenvalue weighted by molar-refractivity contribution is 0.0985. The van der Waals surface area contributed by atoms with Crippen LogP contribution in [0, 0.1) is 0 Å². The molecule has 0 saturated carbocycles. The summed E-state index contributed by atoms with van der Waals surface area (Å²) in [6.45, 7) is 7.68. The third-order valence-corrected chi connectivity index (χ3v) is 4.83. The number of rotatable bonds is 5. The Morgan fingerprint density at radius 2 is 2.07 bits per heavy atom. The van der Waals surface area contributed by atoms with E-state index in [2.05, 4.69) is 29.5 Å². The van der Waals surface area contributed by atoms with Crippen molar-refractivity contribution in [1.82, 2.24) is 10.3 Å². The highest BCUT2D eigenvalue weighted by molar-refractivity contribution is 6.07. The van der Waals surface area contributed by atoms with Crippen LogP contribution in [0.25, 0.3) is 0 Å². The van der Waals surface area contributed by atoms with Crippen molar-refractivity contribution in [3.05, 3.63) is 52.8 Å². The highest BCUT2D eigenvalue weighted by atomic mass is 16.5. The minimum Gasteiger partial charge on any atom is -0.496 e. The number of Topliss-reactive ketones (excluding diaryl/α,β-unsaturated/α-hetero) is 1. The highest BCUT2D eigenvalue weighted by Crippen LogP contribution is 2.29. The molecular formula is C21H25N3O3. The molecule has 2 heterocycles. The summed E-state index contributed by atoms with van der Waals surface area (Å²) in [6.07, 6.45) is 2.03. The smallest absolute Gasteiger partial charge is 0.255 e. The second-order valence-corrected chi connectivity index (χ2v) is 7.37. The topological polar surface area (TPSA) is 80.3 Å². The zero-order valence-electron chi connectivity index (χ0n) is 16.2. The van der Waals surface area contributed by atoms with Crippen LogP contribution in [0.4, 0.5) is 5.69 Å². The minimum atomic E-state index is -0.285. The molecule has 1 aliphatic rings. The van der Waals surface area contributed by atoms with Crippen LogP contribution in [0.3, 0.4) is 0 Å². The van der Waals surface area contributed by atoms with Crippen molar-refractivity contribution < 1.29 is 14.3 Å². The normalized spacial score (nSPS) is 15.0. The van der Waals surface area contributed by atoms with Crippen LogP contribution in [0.15, 0.2) is 30.5 Å². The molecule has 0 bridgehead atoms. The average molecular weight is 367 g/mol. The fourth-order valence-corrected chi connectivity index (χ4v) is 3.38. The molecule has 1 aromatic heterocycles. The van der Waals surface area contributed by atoms with Crippen molar-refractivity contribution in [3.8, 4) is 5.75 Å². The number of anilines is 1. The number of ketones is 1. The Morgan fingerprint density at radius 1 is 1.30 bits per heavy atom. The summed E-state index contributed by atoms with van der Waals surface area (Å²) in [4.78, 5) is 29.4. The third kappa shape index (κ3) is 3.85. The van der Waals surface area contributed by atoms with Crippen LogP contribution in [0.2, 0.25) is 0 Å². The van der Waals surface area contributed by atoms with E-state index in [1.165, 1.54) is 7.11 Å². The van der Waals surface area contributed by atoms with Crippen molar-refractivity contribution in [3.63, 3.8) is 0 Å². The summed E-state index contributed by atoms with van der Waals surface area (Å²) in [5, 5.41) is 6.25. The maximum Gasteiger partial charge on any atom is 0.255 e. The van der Waals surface area contributed by atoms with Gasteiger partial charge in [-0.2, -0.15) is 0 Å². The van der Waals surface area contributed by atoms with Crippen LogP contribution in [0.1, 0.15) is 59.2 Å². The number of pyridine rings is 1. The van der Waals surface area contributed by atoms with Gasteiger partial charge < -0.3 is 15.4 Å².